The number of rotatable bonds is 4. The zero-order valence-electron chi connectivity index (χ0n) is 11.3. The van der Waals surface area contributed by atoms with Crippen molar-refractivity contribution in [3.8, 4) is 0 Å². The second kappa shape index (κ2) is 5.00. The number of hydrogen-bond acceptors (Lipinski definition) is 1. The van der Waals surface area contributed by atoms with Gasteiger partial charge in [0.25, 0.3) is 5.91 Å². The maximum atomic E-state index is 12.8. The van der Waals surface area contributed by atoms with E-state index < -0.39 is 17.6 Å². The van der Waals surface area contributed by atoms with Gasteiger partial charge in [-0.05, 0) is 55.2 Å². The predicted octanol–water partition coefficient (Wildman–Crippen LogP) is 4.39. The van der Waals surface area contributed by atoms with Gasteiger partial charge in [0.15, 0.2) is 0 Å². The molecule has 2 nitrogen and oxygen atoms in total. The van der Waals surface area contributed by atoms with Crippen molar-refractivity contribution in [3.05, 3.63) is 33.8 Å². The summed E-state index contributed by atoms with van der Waals surface area (Å²) in [5.74, 6) is 0.272. The second-order valence-corrected chi connectivity index (χ2v) is 6.87. The van der Waals surface area contributed by atoms with Crippen LogP contribution >= 0.6 is 15.9 Å². The molecule has 2 aliphatic carbocycles. The number of amides is 1. The Labute approximate surface area is 129 Å². The van der Waals surface area contributed by atoms with E-state index in [1.54, 1.807) is 0 Å². The predicted molar refractivity (Wildman–Crippen MR) is 75.9 cm³/mol. The van der Waals surface area contributed by atoms with E-state index in [4.69, 9.17) is 0 Å². The molecule has 0 spiro atoms. The van der Waals surface area contributed by atoms with E-state index in [1.165, 1.54) is 25.0 Å². The summed E-state index contributed by atoms with van der Waals surface area (Å²) in [6, 6.07) is 3.58. The first kappa shape index (κ1) is 14.9. The summed E-state index contributed by atoms with van der Waals surface area (Å²) < 4.78 is 38.4. The number of alkyl halides is 3. The van der Waals surface area contributed by atoms with Gasteiger partial charge in [-0.3, -0.25) is 4.79 Å². The Bertz CT molecular complexity index is 577. The fourth-order valence-electron chi connectivity index (χ4n) is 2.83. The maximum Gasteiger partial charge on any atom is 0.417 e. The van der Waals surface area contributed by atoms with Crippen molar-refractivity contribution >= 4 is 21.8 Å². The lowest BCUT2D eigenvalue weighted by Gasteiger charge is -2.16. The Kier molecular flexibility index (Phi) is 3.55. The third-order valence-electron chi connectivity index (χ3n) is 4.47. The molecule has 1 aromatic rings. The van der Waals surface area contributed by atoms with Crippen molar-refractivity contribution in [1.29, 1.82) is 0 Å². The molecule has 0 atom stereocenters. The van der Waals surface area contributed by atoms with E-state index >= 15 is 0 Å². The lowest BCUT2D eigenvalue weighted by atomic mass is 10.0. The van der Waals surface area contributed by atoms with Crippen LogP contribution in [-0.4, -0.2) is 12.5 Å². The Morgan fingerprint density at radius 2 is 2.00 bits per heavy atom. The van der Waals surface area contributed by atoms with Gasteiger partial charge in [-0.25, -0.2) is 0 Å². The van der Waals surface area contributed by atoms with Crippen LogP contribution in [-0.2, 0) is 6.18 Å². The Morgan fingerprint density at radius 1 is 1.33 bits per heavy atom. The van der Waals surface area contributed by atoms with Gasteiger partial charge in [0.2, 0.25) is 0 Å². The molecule has 2 fully saturated rings. The first-order valence-electron chi connectivity index (χ1n) is 6.97. The average molecular weight is 362 g/mol. The average Bonchev–Trinajstić information content (AvgIpc) is 3.25. The normalized spacial score (nSPS) is 20.2. The van der Waals surface area contributed by atoms with Crippen LogP contribution in [0.15, 0.2) is 22.7 Å². The molecule has 0 aromatic heterocycles. The number of carbonyl (C=O) groups excluding carboxylic acids is 1. The van der Waals surface area contributed by atoms with Gasteiger partial charge >= 0.3 is 6.18 Å². The molecule has 0 bridgehead atoms. The molecule has 114 valence electrons. The van der Waals surface area contributed by atoms with Gasteiger partial charge in [-0.2, -0.15) is 13.2 Å². The number of nitrogens with one attached hydrogen (secondary N) is 1. The molecule has 21 heavy (non-hydrogen) atoms. The number of carbonyl (C=O) groups is 1. The molecule has 3 rings (SSSR count). The zero-order valence-corrected chi connectivity index (χ0v) is 12.9. The highest BCUT2D eigenvalue weighted by atomic mass is 79.9. The van der Waals surface area contributed by atoms with Gasteiger partial charge in [0.1, 0.15) is 0 Å². The van der Waals surface area contributed by atoms with E-state index in [-0.39, 0.29) is 15.5 Å². The Hall–Kier alpha value is -1.04. The minimum Gasteiger partial charge on any atom is -0.351 e. The minimum absolute atomic E-state index is 0.0526. The summed E-state index contributed by atoms with van der Waals surface area (Å²) in [6.07, 6.45) is 0.192. The lowest BCUT2D eigenvalue weighted by molar-refractivity contribution is -0.138. The van der Waals surface area contributed by atoms with Crippen LogP contribution in [0.1, 0.15) is 41.6 Å². The van der Waals surface area contributed by atoms with E-state index in [2.05, 4.69) is 21.2 Å². The zero-order chi connectivity index (χ0) is 15.3. The van der Waals surface area contributed by atoms with Crippen molar-refractivity contribution in [1.82, 2.24) is 5.32 Å². The first-order chi connectivity index (χ1) is 9.82. The second-order valence-electron chi connectivity index (χ2n) is 6.01. The van der Waals surface area contributed by atoms with Crippen molar-refractivity contribution in [3.63, 3.8) is 0 Å². The van der Waals surface area contributed by atoms with Gasteiger partial charge in [0.05, 0.1) is 5.56 Å². The molecule has 0 radical (unpaired) electrons. The number of hydrogen-bond donors (Lipinski definition) is 1. The van der Waals surface area contributed by atoms with Crippen LogP contribution in [0.5, 0.6) is 0 Å². The monoisotopic (exact) mass is 361 g/mol. The SMILES string of the molecule is O=C(NCC1(C2CC2)CC1)c1ccc(Br)c(C(F)(F)F)c1. The summed E-state index contributed by atoms with van der Waals surface area (Å²) >= 11 is 2.87. The standard InChI is InChI=1S/C15H15BrF3NO/c16-12-4-1-9(7-11(12)15(17,18)19)13(21)20-8-14(5-6-14)10-2-3-10/h1,4,7,10H,2-3,5-6,8H2,(H,20,21). The highest BCUT2D eigenvalue weighted by Gasteiger charge is 2.53. The van der Waals surface area contributed by atoms with Crippen LogP contribution in [0, 0.1) is 11.3 Å². The van der Waals surface area contributed by atoms with Gasteiger partial charge in [-0.1, -0.05) is 15.9 Å². The van der Waals surface area contributed by atoms with Gasteiger partial charge < -0.3 is 5.32 Å². The number of benzene rings is 1. The molecule has 0 aliphatic heterocycles. The summed E-state index contributed by atoms with van der Waals surface area (Å²) in [4.78, 5) is 12.1. The highest BCUT2D eigenvalue weighted by molar-refractivity contribution is 9.10. The molecule has 1 N–H and O–H groups in total. The minimum atomic E-state index is -4.47. The molecule has 1 aromatic carbocycles. The third-order valence-corrected chi connectivity index (χ3v) is 5.16. The quantitative estimate of drug-likeness (QED) is 0.846. The summed E-state index contributed by atoms with van der Waals surface area (Å²) in [5, 5.41) is 2.80. The van der Waals surface area contributed by atoms with Crippen molar-refractivity contribution < 1.29 is 18.0 Å². The molecule has 2 aliphatic rings. The molecule has 1 amide bonds. The van der Waals surface area contributed by atoms with Crippen molar-refractivity contribution in [2.45, 2.75) is 31.9 Å². The van der Waals surface area contributed by atoms with Crippen LogP contribution in [0.3, 0.4) is 0 Å². The van der Waals surface area contributed by atoms with Crippen LogP contribution in [0.4, 0.5) is 13.2 Å². The molecule has 2 saturated carbocycles. The molecule has 6 heteroatoms. The van der Waals surface area contributed by atoms with Gasteiger partial charge in [0, 0.05) is 16.6 Å². The van der Waals surface area contributed by atoms with Crippen molar-refractivity contribution in [2.24, 2.45) is 11.3 Å². The van der Waals surface area contributed by atoms with E-state index in [0.29, 0.717) is 12.5 Å². The fourth-order valence-corrected chi connectivity index (χ4v) is 3.30. The van der Waals surface area contributed by atoms with Crippen LogP contribution in [0.2, 0.25) is 0 Å². The topological polar surface area (TPSA) is 29.1 Å². The summed E-state index contributed by atoms with van der Waals surface area (Å²) in [5.41, 5.74) is -0.534. The molecular formula is C15H15BrF3NO. The summed E-state index contributed by atoms with van der Waals surface area (Å²) in [7, 11) is 0. The third kappa shape index (κ3) is 3.10. The van der Waals surface area contributed by atoms with E-state index in [1.807, 2.05) is 0 Å². The van der Waals surface area contributed by atoms with Crippen molar-refractivity contribution in [2.75, 3.05) is 6.54 Å². The Morgan fingerprint density at radius 3 is 2.52 bits per heavy atom. The fraction of sp³-hybridized carbons (Fsp3) is 0.533. The van der Waals surface area contributed by atoms with Gasteiger partial charge in [-0.15, -0.1) is 0 Å². The molecule has 0 saturated heterocycles. The largest absolute Gasteiger partial charge is 0.417 e. The number of halogens is 4. The molecule has 0 unspecified atom stereocenters. The highest BCUT2D eigenvalue weighted by Crippen LogP contribution is 2.60. The lowest BCUT2D eigenvalue weighted by Crippen LogP contribution is -2.31. The first-order valence-corrected chi connectivity index (χ1v) is 7.76. The van der Waals surface area contributed by atoms with Crippen LogP contribution < -0.4 is 5.32 Å². The smallest absolute Gasteiger partial charge is 0.351 e. The Balaban J connectivity index is 1.70. The molecular weight excluding hydrogens is 347 g/mol. The molecule has 0 heterocycles. The van der Waals surface area contributed by atoms with Crippen LogP contribution in [0.25, 0.3) is 0 Å². The van der Waals surface area contributed by atoms with E-state index in [0.717, 1.165) is 18.9 Å². The maximum absolute atomic E-state index is 12.8. The summed E-state index contributed by atoms with van der Waals surface area (Å²) in [6.45, 7) is 0.577. The van der Waals surface area contributed by atoms with E-state index in [9.17, 15) is 18.0 Å².